The quantitative estimate of drug-likeness (QED) is 0.315. The fourth-order valence-electron chi connectivity index (χ4n) is 2.14. The van der Waals surface area contributed by atoms with Crippen LogP contribution in [0.1, 0.15) is 15.2 Å². The topological polar surface area (TPSA) is 93.8 Å². The molecule has 0 saturated carbocycles. The molecule has 126 valence electrons. The highest BCUT2D eigenvalue weighted by atomic mass is 35.5. The van der Waals surface area contributed by atoms with Crippen LogP contribution in [0.4, 0.5) is 4.79 Å². The number of rotatable bonds is 4. The van der Waals surface area contributed by atoms with E-state index < -0.39 is 12.0 Å². The maximum Gasteiger partial charge on any atom is 0.355 e. The van der Waals surface area contributed by atoms with Crippen molar-refractivity contribution in [3.8, 4) is 5.75 Å². The van der Waals surface area contributed by atoms with E-state index in [0.717, 1.165) is 10.1 Å². The number of thiophene rings is 1. The van der Waals surface area contributed by atoms with Crippen LogP contribution in [0.2, 0.25) is 5.02 Å². The van der Waals surface area contributed by atoms with E-state index in [1.165, 1.54) is 17.6 Å². The van der Waals surface area contributed by atoms with Gasteiger partial charge < -0.3 is 10.5 Å². The second-order valence-electron chi connectivity index (χ2n) is 4.90. The van der Waals surface area contributed by atoms with E-state index >= 15 is 0 Å². The Morgan fingerprint density at radius 1 is 1.16 bits per heavy atom. The molecule has 0 aliphatic rings. The van der Waals surface area contributed by atoms with Crippen molar-refractivity contribution in [1.29, 1.82) is 0 Å². The molecule has 3 N–H and O–H groups in total. The summed E-state index contributed by atoms with van der Waals surface area (Å²) in [6.45, 7) is 0. The summed E-state index contributed by atoms with van der Waals surface area (Å²) in [6, 6.07) is 13.4. The van der Waals surface area contributed by atoms with Crippen LogP contribution in [-0.2, 0) is 0 Å². The minimum absolute atomic E-state index is 0.288. The molecule has 0 radical (unpaired) electrons. The molecule has 0 aliphatic heterocycles. The number of carbonyl (C=O) groups excluding carboxylic acids is 2. The first-order chi connectivity index (χ1) is 12.1. The van der Waals surface area contributed by atoms with Gasteiger partial charge in [0.1, 0.15) is 10.6 Å². The molecule has 2 aromatic carbocycles. The molecule has 25 heavy (non-hydrogen) atoms. The predicted octanol–water partition coefficient (Wildman–Crippen LogP) is 3.78. The van der Waals surface area contributed by atoms with E-state index in [2.05, 4.69) is 10.5 Å². The van der Waals surface area contributed by atoms with Crippen LogP contribution in [-0.4, -0.2) is 18.2 Å². The third kappa shape index (κ3) is 3.78. The highest BCUT2D eigenvalue weighted by Crippen LogP contribution is 2.35. The lowest BCUT2D eigenvalue weighted by Crippen LogP contribution is -2.24. The SMILES string of the molecule is NC(=O)N/N=C/c1ccccc1OC(=O)c1sc2ccccc2c1Cl. The monoisotopic (exact) mass is 373 g/mol. The molecule has 0 bridgehead atoms. The zero-order valence-corrected chi connectivity index (χ0v) is 14.3. The van der Waals surface area contributed by atoms with Crippen LogP contribution >= 0.6 is 22.9 Å². The van der Waals surface area contributed by atoms with Gasteiger partial charge >= 0.3 is 12.0 Å². The Morgan fingerprint density at radius 3 is 2.64 bits per heavy atom. The summed E-state index contributed by atoms with van der Waals surface area (Å²) < 4.78 is 6.35. The van der Waals surface area contributed by atoms with Gasteiger partial charge in [-0.2, -0.15) is 5.10 Å². The molecule has 1 aromatic heterocycles. The number of para-hydroxylation sites is 1. The van der Waals surface area contributed by atoms with E-state index in [1.807, 2.05) is 24.3 Å². The van der Waals surface area contributed by atoms with Crippen molar-refractivity contribution < 1.29 is 14.3 Å². The molecule has 0 aliphatic carbocycles. The maximum absolute atomic E-state index is 12.5. The van der Waals surface area contributed by atoms with E-state index in [0.29, 0.717) is 15.5 Å². The van der Waals surface area contributed by atoms with E-state index in [4.69, 9.17) is 22.1 Å². The lowest BCUT2D eigenvalue weighted by atomic mass is 10.2. The van der Waals surface area contributed by atoms with E-state index in [1.54, 1.807) is 24.3 Å². The van der Waals surface area contributed by atoms with E-state index in [9.17, 15) is 9.59 Å². The number of fused-ring (bicyclic) bond motifs is 1. The summed E-state index contributed by atoms with van der Waals surface area (Å²) in [7, 11) is 0. The van der Waals surface area contributed by atoms with Gasteiger partial charge in [-0.1, -0.05) is 41.9 Å². The van der Waals surface area contributed by atoms with Crippen molar-refractivity contribution in [3.05, 3.63) is 64.0 Å². The number of nitrogens with one attached hydrogen (secondary N) is 1. The molecule has 0 atom stereocenters. The minimum Gasteiger partial charge on any atom is -0.422 e. The molecule has 0 fully saturated rings. The summed E-state index contributed by atoms with van der Waals surface area (Å²) in [6.07, 6.45) is 1.33. The fraction of sp³-hybridized carbons (Fsp3) is 0. The third-order valence-corrected chi connectivity index (χ3v) is 4.88. The number of carbonyl (C=O) groups is 2. The van der Waals surface area contributed by atoms with Gasteiger partial charge in [0.15, 0.2) is 0 Å². The largest absolute Gasteiger partial charge is 0.422 e. The number of primary amides is 1. The Morgan fingerprint density at radius 2 is 1.88 bits per heavy atom. The van der Waals surface area contributed by atoms with Crippen molar-refractivity contribution in [3.63, 3.8) is 0 Å². The van der Waals surface area contributed by atoms with E-state index in [-0.39, 0.29) is 5.75 Å². The minimum atomic E-state index is -0.789. The van der Waals surface area contributed by atoms with Crippen LogP contribution in [0.15, 0.2) is 53.6 Å². The van der Waals surface area contributed by atoms with Crippen molar-refractivity contribution in [2.45, 2.75) is 0 Å². The number of nitrogens with two attached hydrogens (primary N) is 1. The highest BCUT2D eigenvalue weighted by molar-refractivity contribution is 7.21. The Labute approximate surface area is 151 Å². The molecule has 6 nitrogen and oxygen atoms in total. The molecule has 1 heterocycles. The third-order valence-electron chi connectivity index (χ3n) is 3.22. The Hall–Kier alpha value is -2.90. The van der Waals surface area contributed by atoms with Crippen molar-refractivity contribution in [2.24, 2.45) is 10.8 Å². The molecule has 0 spiro atoms. The van der Waals surface area contributed by atoms with Gasteiger partial charge in [-0.05, 0) is 18.2 Å². The first-order valence-electron chi connectivity index (χ1n) is 7.13. The van der Waals surface area contributed by atoms with Gasteiger partial charge in [-0.3, -0.25) is 0 Å². The smallest absolute Gasteiger partial charge is 0.355 e. The Balaban J connectivity index is 1.86. The van der Waals surface area contributed by atoms with Gasteiger partial charge in [0.05, 0.1) is 11.2 Å². The number of ether oxygens (including phenoxy) is 1. The molecule has 3 rings (SSSR count). The number of hydrogen-bond donors (Lipinski definition) is 2. The number of amides is 2. The van der Waals surface area contributed by atoms with Crippen molar-refractivity contribution >= 4 is 51.2 Å². The number of urea groups is 1. The summed E-state index contributed by atoms with van der Waals surface area (Å²) in [5.41, 5.74) is 7.53. The van der Waals surface area contributed by atoms with Crippen LogP contribution in [0.25, 0.3) is 10.1 Å². The average molecular weight is 374 g/mol. The number of halogens is 1. The normalized spacial score (nSPS) is 10.9. The van der Waals surface area contributed by atoms with Gasteiger partial charge in [0.2, 0.25) is 0 Å². The van der Waals surface area contributed by atoms with Crippen LogP contribution in [0.5, 0.6) is 5.75 Å². The van der Waals surface area contributed by atoms with Crippen molar-refractivity contribution in [2.75, 3.05) is 0 Å². The molecule has 3 aromatic rings. The zero-order valence-electron chi connectivity index (χ0n) is 12.7. The van der Waals surface area contributed by atoms with Crippen LogP contribution < -0.4 is 15.9 Å². The number of benzene rings is 2. The number of esters is 1. The second kappa shape index (κ2) is 7.33. The van der Waals surface area contributed by atoms with Gasteiger partial charge in [-0.25, -0.2) is 15.0 Å². The lowest BCUT2D eigenvalue weighted by molar-refractivity contribution is 0.0740. The molecule has 0 unspecified atom stereocenters. The predicted molar refractivity (Wildman–Crippen MR) is 98.5 cm³/mol. The number of nitrogens with zero attached hydrogens (tertiary/aromatic N) is 1. The standard InChI is InChI=1S/C17H12ClN3O3S/c18-14-11-6-2-4-8-13(11)25-15(14)16(22)24-12-7-3-1-5-10(12)9-20-21-17(19)23/h1-9H,(H3,19,21,23)/b20-9+. The Bertz CT molecular complexity index is 984. The maximum atomic E-state index is 12.5. The molecular weight excluding hydrogens is 362 g/mol. The van der Waals surface area contributed by atoms with Gasteiger partial charge in [0.25, 0.3) is 0 Å². The summed E-state index contributed by atoms with van der Waals surface area (Å²) >= 11 is 7.56. The van der Waals surface area contributed by atoms with Gasteiger partial charge in [-0.15, -0.1) is 11.3 Å². The molecule has 0 saturated heterocycles. The highest BCUT2D eigenvalue weighted by Gasteiger charge is 2.19. The first-order valence-corrected chi connectivity index (χ1v) is 8.32. The van der Waals surface area contributed by atoms with Crippen LogP contribution in [0.3, 0.4) is 0 Å². The second-order valence-corrected chi connectivity index (χ2v) is 6.33. The summed E-state index contributed by atoms with van der Waals surface area (Å²) in [4.78, 5) is 23.5. The molecule has 2 amide bonds. The average Bonchev–Trinajstić information content (AvgIpc) is 2.93. The zero-order chi connectivity index (χ0) is 17.8. The first kappa shape index (κ1) is 16.9. The number of hydrazone groups is 1. The van der Waals surface area contributed by atoms with Crippen LogP contribution in [0, 0.1) is 0 Å². The van der Waals surface area contributed by atoms with Crippen molar-refractivity contribution in [1.82, 2.24) is 5.43 Å². The molecular formula is C17H12ClN3O3S. The lowest BCUT2D eigenvalue weighted by Gasteiger charge is -2.06. The molecule has 8 heteroatoms. The van der Waals surface area contributed by atoms with Gasteiger partial charge in [0, 0.05) is 15.6 Å². The fourth-order valence-corrected chi connectivity index (χ4v) is 3.52. The Kier molecular flexibility index (Phi) is 4.97. The summed E-state index contributed by atoms with van der Waals surface area (Å²) in [5.74, 6) is -0.272. The number of hydrogen-bond acceptors (Lipinski definition) is 5. The summed E-state index contributed by atoms with van der Waals surface area (Å²) in [5, 5.41) is 4.84.